The zero-order valence-electron chi connectivity index (χ0n) is 22.8. The highest BCUT2D eigenvalue weighted by molar-refractivity contribution is 7.89. The van der Waals surface area contributed by atoms with Gasteiger partial charge >= 0.3 is 0 Å². The van der Waals surface area contributed by atoms with Gasteiger partial charge in [-0.05, 0) is 104 Å². The van der Waals surface area contributed by atoms with Crippen molar-refractivity contribution in [2.45, 2.75) is 56.0 Å². The van der Waals surface area contributed by atoms with Crippen molar-refractivity contribution in [2.75, 3.05) is 4.90 Å². The summed E-state index contributed by atoms with van der Waals surface area (Å²) in [5, 5.41) is 0. The maximum absolute atomic E-state index is 14.0. The van der Waals surface area contributed by atoms with E-state index in [-0.39, 0.29) is 22.6 Å². The van der Waals surface area contributed by atoms with Crippen LogP contribution >= 0.6 is 0 Å². The Balaban J connectivity index is 1.32. The summed E-state index contributed by atoms with van der Waals surface area (Å²) in [7, 11) is -3.87. The summed E-state index contributed by atoms with van der Waals surface area (Å²) >= 11 is 0. The van der Waals surface area contributed by atoms with Crippen molar-refractivity contribution in [1.29, 1.82) is 0 Å². The van der Waals surface area contributed by atoms with E-state index in [4.69, 9.17) is 0 Å². The number of amides is 1. The Labute approximate surface area is 240 Å². The Kier molecular flexibility index (Phi) is 7.45. The average molecular weight is 570 g/mol. The van der Waals surface area contributed by atoms with Crippen molar-refractivity contribution in [3.05, 3.63) is 125 Å². The molecule has 6 nitrogen and oxygen atoms in total. The third-order valence-corrected chi connectivity index (χ3v) is 9.53. The summed E-state index contributed by atoms with van der Waals surface area (Å²) < 4.78 is 42.6. The van der Waals surface area contributed by atoms with Crippen molar-refractivity contribution in [2.24, 2.45) is 5.92 Å². The number of carbonyl (C=O) groups excluding carboxylic acids is 1. The third kappa shape index (κ3) is 5.94. The molecule has 1 amide bonds. The minimum atomic E-state index is -3.87. The first-order chi connectivity index (χ1) is 19.8. The van der Waals surface area contributed by atoms with E-state index in [9.17, 15) is 17.6 Å². The summed E-state index contributed by atoms with van der Waals surface area (Å²) in [6.07, 6.45) is 3.09. The van der Waals surface area contributed by atoms with Gasteiger partial charge in [0.25, 0.3) is 0 Å². The lowest BCUT2D eigenvalue weighted by Crippen LogP contribution is -2.34. The first-order valence-corrected chi connectivity index (χ1v) is 15.5. The van der Waals surface area contributed by atoms with E-state index in [0.717, 1.165) is 59.6 Å². The summed E-state index contributed by atoms with van der Waals surface area (Å²) in [6.45, 7) is 2.25. The van der Waals surface area contributed by atoms with Crippen LogP contribution in [0.3, 0.4) is 0 Å². The van der Waals surface area contributed by atoms with Gasteiger partial charge in [0.05, 0.1) is 17.1 Å². The molecule has 0 unspecified atom stereocenters. The number of sulfonamides is 1. The molecule has 2 aliphatic rings. The van der Waals surface area contributed by atoms with Crippen LogP contribution in [0.25, 0.3) is 0 Å². The van der Waals surface area contributed by atoms with Crippen LogP contribution in [0.15, 0.2) is 95.9 Å². The van der Waals surface area contributed by atoms with Crippen molar-refractivity contribution in [3.8, 4) is 0 Å². The minimum absolute atomic E-state index is 0.0187. The number of rotatable bonds is 8. The number of hydrogen-bond acceptors (Lipinski definition) is 4. The summed E-state index contributed by atoms with van der Waals surface area (Å²) in [5.41, 5.74) is 5.49. The summed E-state index contributed by atoms with van der Waals surface area (Å²) in [5.74, 6) is -0.383. The second kappa shape index (κ2) is 11.2. The fourth-order valence-electron chi connectivity index (χ4n) is 5.83. The van der Waals surface area contributed by atoms with E-state index < -0.39 is 21.9 Å². The molecular formula is C33H32FN3O3S. The van der Waals surface area contributed by atoms with Gasteiger partial charge in [0.1, 0.15) is 5.82 Å². The van der Waals surface area contributed by atoms with Gasteiger partial charge in [0.2, 0.25) is 15.9 Å². The topological polar surface area (TPSA) is 79.4 Å². The Morgan fingerprint density at radius 1 is 1.00 bits per heavy atom. The molecule has 3 atom stereocenters. The normalized spacial score (nSPS) is 19.8. The molecule has 4 aromatic rings. The van der Waals surface area contributed by atoms with Crippen LogP contribution < -0.4 is 9.62 Å². The molecule has 1 saturated carbocycles. The third-order valence-electron chi connectivity index (χ3n) is 8.04. The Bertz CT molecular complexity index is 1680. The molecule has 0 spiro atoms. The van der Waals surface area contributed by atoms with Crippen LogP contribution in [0, 0.1) is 18.7 Å². The molecule has 0 saturated heterocycles. The SMILES string of the molecule is Cc1cccc(CN(C(=O)[C@@H]2C[C@@H]2c2ccccc2)c2ccc3c(c2)[C@@H](NS(=O)(=O)c2ccc(F)cc2)CCC3)n1. The maximum Gasteiger partial charge on any atom is 0.241 e. The predicted octanol–water partition coefficient (Wildman–Crippen LogP) is 6.22. The van der Waals surface area contributed by atoms with Gasteiger partial charge < -0.3 is 4.90 Å². The standard InChI is InChI=1S/C33H32FN3O3S/c1-22-7-5-11-26(35-22)21-37(33(38)31-20-29(31)23-8-3-2-4-9-23)27-16-13-24-10-6-12-32(30(24)19-27)36-41(39,40)28-17-14-25(34)15-18-28/h2-5,7-9,11,13-19,29,31-32,36H,6,10,12,20-21H2,1H3/t29-,31-,32+/m1/s1. The highest BCUT2D eigenvalue weighted by atomic mass is 32.2. The monoisotopic (exact) mass is 569 g/mol. The fraction of sp³-hybridized carbons (Fsp3) is 0.273. The predicted molar refractivity (Wildman–Crippen MR) is 156 cm³/mol. The molecule has 41 heavy (non-hydrogen) atoms. The first kappa shape index (κ1) is 27.3. The minimum Gasteiger partial charge on any atom is -0.306 e. The number of benzene rings is 3. The molecule has 1 heterocycles. The number of aryl methyl sites for hydroxylation is 2. The second-order valence-electron chi connectivity index (χ2n) is 11.0. The molecule has 3 aromatic carbocycles. The molecule has 0 bridgehead atoms. The molecule has 0 radical (unpaired) electrons. The zero-order valence-corrected chi connectivity index (χ0v) is 23.6. The van der Waals surface area contributed by atoms with Crippen molar-refractivity contribution in [3.63, 3.8) is 0 Å². The number of nitrogens with zero attached hydrogens (tertiary/aromatic N) is 2. The average Bonchev–Trinajstić information content (AvgIpc) is 3.78. The highest BCUT2D eigenvalue weighted by Gasteiger charge is 2.46. The van der Waals surface area contributed by atoms with Gasteiger partial charge in [-0.15, -0.1) is 0 Å². The molecular weight excluding hydrogens is 537 g/mol. The number of halogens is 1. The van der Waals surface area contributed by atoms with Crippen LogP contribution in [-0.4, -0.2) is 19.3 Å². The van der Waals surface area contributed by atoms with E-state index in [1.54, 1.807) is 4.90 Å². The van der Waals surface area contributed by atoms with Gasteiger partial charge in [-0.3, -0.25) is 9.78 Å². The number of fused-ring (bicyclic) bond motifs is 1. The number of pyridine rings is 1. The van der Waals surface area contributed by atoms with E-state index >= 15 is 0 Å². The van der Waals surface area contributed by atoms with Crippen LogP contribution in [0.2, 0.25) is 0 Å². The van der Waals surface area contributed by atoms with Crippen LogP contribution in [0.5, 0.6) is 0 Å². The Hall–Kier alpha value is -3.88. The van der Waals surface area contributed by atoms with Crippen molar-refractivity contribution >= 4 is 21.6 Å². The molecule has 1 N–H and O–H groups in total. The quantitative estimate of drug-likeness (QED) is 0.273. The summed E-state index contributed by atoms with van der Waals surface area (Å²) in [6, 6.07) is 26.2. The van der Waals surface area contributed by atoms with E-state index in [2.05, 4.69) is 21.8 Å². The molecule has 6 rings (SSSR count). The fourth-order valence-corrected chi connectivity index (χ4v) is 7.08. The lowest BCUT2D eigenvalue weighted by molar-refractivity contribution is -0.120. The molecule has 2 aliphatic carbocycles. The molecule has 210 valence electrons. The molecule has 1 aromatic heterocycles. The number of nitrogens with one attached hydrogen (secondary N) is 1. The first-order valence-electron chi connectivity index (χ1n) is 14.0. The van der Waals surface area contributed by atoms with E-state index in [1.165, 1.54) is 17.7 Å². The number of aromatic nitrogens is 1. The van der Waals surface area contributed by atoms with Crippen molar-refractivity contribution in [1.82, 2.24) is 9.71 Å². The number of carbonyl (C=O) groups is 1. The van der Waals surface area contributed by atoms with E-state index in [1.807, 2.05) is 61.5 Å². The molecule has 1 fully saturated rings. The van der Waals surface area contributed by atoms with Gasteiger partial charge in [-0.1, -0.05) is 42.5 Å². The highest BCUT2D eigenvalue weighted by Crippen LogP contribution is 2.49. The summed E-state index contributed by atoms with van der Waals surface area (Å²) in [4.78, 5) is 20.5. The number of hydrogen-bond donors (Lipinski definition) is 1. The van der Waals surface area contributed by atoms with Crippen LogP contribution in [-0.2, 0) is 27.8 Å². The van der Waals surface area contributed by atoms with Gasteiger partial charge in [0, 0.05) is 23.3 Å². The second-order valence-corrected chi connectivity index (χ2v) is 12.7. The molecule has 8 heteroatoms. The Morgan fingerprint density at radius 2 is 1.78 bits per heavy atom. The smallest absolute Gasteiger partial charge is 0.241 e. The van der Waals surface area contributed by atoms with Gasteiger partial charge in [-0.2, -0.15) is 0 Å². The molecule has 0 aliphatic heterocycles. The largest absolute Gasteiger partial charge is 0.306 e. The lowest BCUT2D eigenvalue weighted by Gasteiger charge is -2.29. The van der Waals surface area contributed by atoms with Gasteiger partial charge in [-0.25, -0.2) is 17.5 Å². The number of anilines is 1. The van der Waals surface area contributed by atoms with Crippen LogP contribution in [0.4, 0.5) is 10.1 Å². The lowest BCUT2D eigenvalue weighted by atomic mass is 9.87. The van der Waals surface area contributed by atoms with E-state index in [0.29, 0.717) is 13.0 Å². The maximum atomic E-state index is 14.0. The zero-order chi connectivity index (χ0) is 28.6. The van der Waals surface area contributed by atoms with Gasteiger partial charge in [0.15, 0.2) is 0 Å². The Morgan fingerprint density at radius 3 is 2.54 bits per heavy atom. The van der Waals surface area contributed by atoms with Crippen molar-refractivity contribution < 1.29 is 17.6 Å². The van der Waals surface area contributed by atoms with Crippen LogP contribution in [0.1, 0.15) is 59.3 Å².